The number of nitrogens with zero attached hydrogens (tertiary/aromatic N) is 2. The fourth-order valence-corrected chi connectivity index (χ4v) is 2.56. The summed E-state index contributed by atoms with van der Waals surface area (Å²) in [5, 5.41) is 3.76. The van der Waals surface area contributed by atoms with Gasteiger partial charge in [0.05, 0.1) is 6.20 Å². The average Bonchev–Trinajstić information content (AvgIpc) is 2.35. The highest BCUT2D eigenvalue weighted by Crippen LogP contribution is 2.31. The van der Waals surface area contributed by atoms with Gasteiger partial charge in [-0.15, -0.1) is 0 Å². The maximum atomic E-state index is 6.00. The van der Waals surface area contributed by atoms with Crippen molar-refractivity contribution in [1.29, 1.82) is 0 Å². The van der Waals surface area contributed by atoms with Crippen LogP contribution >= 0.6 is 23.4 Å². The Hall–Kier alpha value is -0.680. The van der Waals surface area contributed by atoms with Crippen molar-refractivity contribution >= 4 is 35.1 Å². The summed E-state index contributed by atoms with van der Waals surface area (Å²) in [6, 6.07) is 0. The van der Waals surface area contributed by atoms with Gasteiger partial charge in [-0.25, -0.2) is 4.98 Å². The molecule has 0 saturated heterocycles. The highest BCUT2D eigenvalue weighted by atomic mass is 35.5. The average molecular weight is 275 g/mol. The summed E-state index contributed by atoms with van der Waals surface area (Å²) in [5.41, 5.74) is 5.54. The molecule has 3 N–H and O–H groups in total. The Morgan fingerprint density at radius 1 is 1.47 bits per heavy atom. The van der Waals surface area contributed by atoms with Crippen LogP contribution in [-0.2, 0) is 0 Å². The van der Waals surface area contributed by atoms with Gasteiger partial charge < -0.3 is 11.1 Å². The van der Waals surface area contributed by atoms with Gasteiger partial charge in [0.2, 0.25) is 5.95 Å². The van der Waals surface area contributed by atoms with Crippen LogP contribution in [0.25, 0.3) is 0 Å². The number of nitrogens with one attached hydrogen (secondary N) is 1. The molecule has 0 bridgehead atoms. The second-order valence-electron chi connectivity index (χ2n) is 3.87. The summed E-state index contributed by atoms with van der Waals surface area (Å²) < 4.78 is 0.211. The molecule has 0 amide bonds. The molecule has 0 atom stereocenters. The lowest BCUT2D eigenvalue weighted by Crippen LogP contribution is -2.32. The zero-order valence-electron chi connectivity index (χ0n) is 10.5. The summed E-state index contributed by atoms with van der Waals surface area (Å²) in [6.07, 6.45) is 5.83. The summed E-state index contributed by atoms with van der Waals surface area (Å²) >= 11 is 7.87. The Balaban J connectivity index is 2.75. The number of anilines is 2. The SMILES string of the molecule is CCC(CC)(CNc1nc(N)ncc1Cl)SC. The minimum absolute atomic E-state index is 0.211. The zero-order valence-corrected chi connectivity index (χ0v) is 12.0. The van der Waals surface area contributed by atoms with Crippen LogP contribution in [0.15, 0.2) is 6.20 Å². The lowest BCUT2D eigenvalue weighted by molar-refractivity contribution is 0.574. The molecule has 1 rings (SSSR count). The molecule has 0 aliphatic carbocycles. The molecule has 6 heteroatoms. The zero-order chi connectivity index (χ0) is 12.9. The van der Waals surface area contributed by atoms with Crippen molar-refractivity contribution in [3.63, 3.8) is 0 Å². The van der Waals surface area contributed by atoms with E-state index in [0.717, 1.165) is 19.4 Å². The van der Waals surface area contributed by atoms with E-state index in [9.17, 15) is 0 Å². The van der Waals surface area contributed by atoms with E-state index in [0.29, 0.717) is 10.8 Å². The van der Waals surface area contributed by atoms with E-state index in [1.54, 1.807) is 0 Å². The van der Waals surface area contributed by atoms with Crippen molar-refractivity contribution in [3.05, 3.63) is 11.2 Å². The van der Waals surface area contributed by atoms with Gasteiger partial charge in [0.25, 0.3) is 0 Å². The molecule has 0 radical (unpaired) electrons. The van der Waals surface area contributed by atoms with Crippen LogP contribution in [-0.4, -0.2) is 27.5 Å². The number of hydrogen-bond acceptors (Lipinski definition) is 5. The van der Waals surface area contributed by atoms with Gasteiger partial charge in [-0.05, 0) is 19.1 Å². The molecule has 1 heterocycles. The lowest BCUT2D eigenvalue weighted by Gasteiger charge is -2.30. The van der Waals surface area contributed by atoms with Crippen molar-refractivity contribution in [2.45, 2.75) is 31.4 Å². The molecule has 4 nitrogen and oxygen atoms in total. The fourth-order valence-electron chi connectivity index (χ4n) is 1.61. The Morgan fingerprint density at radius 2 is 2.12 bits per heavy atom. The molecule has 0 aliphatic rings. The smallest absolute Gasteiger partial charge is 0.222 e. The van der Waals surface area contributed by atoms with E-state index < -0.39 is 0 Å². The number of aromatic nitrogens is 2. The Bertz CT molecular complexity index is 360. The maximum Gasteiger partial charge on any atom is 0.222 e. The van der Waals surface area contributed by atoms with Crippen LogP contribution < -0.4 is 11.1 Å². The molecular formula is C11H19ClN4S. The van der Waals surface area contributed by atoms with E-state index in [1.807, 2.05) is 11.8 Å². The molecular weight excluding hydrogens is 256 g/mol. The van der Waals surface area contributed by atoms with Crippen molar-refractivity contribution in [2.75, 3.05) is 23.9 Å². The van der Waals surface area contributed by atoms with E-state index in [4.69, 9.17) is 17.3 Å². The quantitative estimate of drug-likeness (QED) is 0.835. The number of rotatable bonds is 6. The van der Waals surface area contributed by atoms with Gasteiger partial charge in [-0.3, -0.25) is 0 Å². The van der Waals surface area contributed by atoms with Crippen LogP contribution in [0, 0.1) is 0 Å². The summed E-state index contributed by atoms with van der Waals surface area (Å²) in [6.45, 7) is 5.20. The Labute approximate surface area is 112 Å². The number of nitrogen functional groups attached to an aromatic ring is 1. The van der Waals surface area contributed by atoms with Crippen molar-refractivity contribution in [1.82, 2.24) is 9.97 Å². The Kier molecular flexibility index (Phi) is 5.33. The normalized spacial score (nSPS) is 11.5. The minimum atomic E-state index is 0.211. The van der Waals surface area contributed by atoms with Gasteiger partial charge in [0, 0.05) is 11.3 Å². The fraction of sp³-hybridized carbons (Fsp3) is 0.636. The van der Waals surface area contributed by atoms with Gasteiger partial charge in [0.1, 0.15) is 5.02 Å². The van der Waals surface area contributed by atoms with E-state index in [2.05, 4.69) is 35.4 Å². The molecule has 1 aromatic rings. The first kappa shape index (κ1) is 14.4. The van der Waals surface area contributed by atoms with Crippen LogP contribution in [0.1, 0.15) is 26.7 Å². The molecule has 96 valence electrons. The maximum absolute atomic E-state index is 6.00. The molecule has 0 aliphatic heterocycles. The molecule has 0 spiro atoms. The molecule has 1 aromatic heterocycles. The van der Waals surface area contributed by atoms with Gasteiger partial charge in [0.15, 0.2) is 5.82 Å². The standard InChI is InChI=1S/C11H19ClN4S/c1-4-11(5-2,17-3)7-15-9-8(12)6-14-10(13)16-9/h6H,4-5,7H2,1-3H3,(H3,13,14,15,16). The third kappa shape index (κ3) is 3.64. The largest absolute Gasteiger partial charge is 0.368 e. The predicted octanol–water partition coefficient (Wildman–Crippen LogP) is 3.05. The van der Waals surface area contributed by atoms with Crippen LogP contribution in [0.4, 0.5) is 11.8 Å². The first-order valence-electron chi connectivity index (χ1n) is 5.64. The molecule has 17 heavy (non-hydrogen) atoms. The number of halogens is 1. The predicted molar refractivity (Wildman–Crippen MR) is 76.8 cm³/mol. The topological polar surface area (TPSA) is 63.8 Å². The molecule has 0 saturated carbocycles. The minimum Gasteiger partial charge on any atom is -0.368 e. The van der Waals surface area contributed by atoms with Gasteiger partial charge >= 0.3 is 0 Å². The van der Waals surface area contributed by atoms with Crippen molar-refractivity contribution in [3.8, 4) is 0 Å². The summed E-state index contributed by atoms with van der Waals surface area (Å²) in [5.74, 6) is 0.846. The highest BCUT2D eigenvalue weighted by molar-refractivity contribution is 8.00. The second kappa shape index (κ2) is 6.31. The van der Waals surface area contributed by atoms with Crippen molar-refractivity contribution in [2.24, 2.45) is 0 Å². The first-order valence-corrected chi connectivity index (χ1v) is 7.24. The number of nitrogens with two attached hydrogens (primary N) is 1. The van der Waals surface area contributed by atoms with Crippen LogP contribution in [0.5, 0.6) is 0 Å². The molecule has 0 fully saturated rings. The second-order valence-corrected chi connectivity index (χ2v) is 5.55. The summed E-state index contributed by atoms with van der Waals surface area (Å²) in [4.78, 5) is 7.93. The third-order valence-corrected chi connectivity index (χ3v) is 4.93. The van der Waals surface area contributed by atoms with Gasteiger partial charge in [-0.1, -0.05) is 25.4 Å². The van der Waals surface area contributed by atoms with Crippen LogP contribution in [0.2, 0.25) is 5.02 Å². The monoisotopic (exact) mass is 274 g/mol. The third-order valence-electron chi connectivity index (χ3n) is 3.06. The van der Waals surface area contributed by atoms with Crippen molar-refractivity contribution < 1.29 is 0 Å². The molecule has 0 aromatic carbocycles. The Morgan fingerprint density at radius 3 is 2.65 bits per heavy atom. The van der Waals surface area contributed by atoms with Crippen LogP contribution in [0.3, 0.4) is 0 Å². The van der Waals surface area contributed by atoms with E-state index >= 15 is 0 Å². The molecule has 0 unspecified atom stereocenters. The van der Waals surface area contributed by atoms with E-state index in [1.165, 1.54) is 6.20 Å². The summed E-state index contributed by atoms with van der Waals surface area (Å²) in [7, 11) is 0. The van der Waals surface area contributed by atoms with E-state index in [-0.39, 0.29) is 10.7 Å². The van der Waals surface area contributed by atoms with Gasteiger partial charge in [-0.2, -0.15) is 16.7 Å². The first-order chi connectivity index (χ1) is 8.06. The number of hydrogen-bond donors (Lipinski definition) is 2. The number of thioether (sulfide) groups is 1. The highest BCUT2D eigenvalue weighted by Gasteiger charge is 2.25. The lowest BCUT2D eigenvalue weighted by atomic mass is 10.0.